The Labute approximate surface area is 100.0 Å². The molecule has 0 aliphatic rings. The van der Waals surface area contributed by atoms with Crippen LogP contribution in [0.15, 0.2) is 0 Å². The van der Waals surface area contributed by atoms with Gasteiger partial charge in [0.2, 0.25) is 0 Å². The van der Waals surface area contributed by atoms with Crippen molar-refractivity contribution < 1.29 is 0 Å². The molecule has 0 rings (SSSR count). The average molecular weight is 239 g/mol. The number of halogens is 1. The van der Waals surface area contributed by atoms with E-state index in [1.165, 1.54) is 12.8 Å². The largest absolute Gasteiger partial charge is 0.330 e. The molecule has 15 heavy (non-hydrogen) atoms. The van der Waals surface area contributed by atoms with Gasteiger partial charge in [-0.1, -0.05) is 0 Å². The van der Waals surface area contributed by atoms with E-state index in [1.807, 2.05) is 0 Å². The Morgan fingerprint density at radius 1 is 0.600 bits per heavy atom. The predicted octanol–water partition coefficient (Wildman–Crippen LogP) is 0.0652. The summed E-state index contributed by atoms with van der Waals surface area (Å²) in [6, 6.07) is 0. The van der Waals surface area contributed by atoms with Gasteiger partial charge in [0.05, 0.1) is 0 Å². The summed E-state index contributed by atoms with van der Waals surface area (Å²) in [6.45, 7) is 5.92. The fourth-order valence-corrected chi connectivity index (χ4v) is 1.21. The van der Waals surface area contributed by atoms with Gasteiger partial charge in [0.15, 0.2) is 0 Å². The van der Waals surface area contributed by atoms with Crippen LogP contribution in [-0.2, 0) is 0 Å². The Morgan fingerprint density at radius 3 is 1.60 bits per heavy atom. The van der Waals surface area contributed by atoms with Gasteiger partial charge in [-0.15, -0.1) is 12.4 Å². The Bertz CT molecular complexity index is 91.4. The molecule has 0 fully saturated rings. The van der Waals surface area contributed by atoms with Crippen LogP contribution >= 0.6 is 12.4 Å². The molecule has 0 aromatic carbocycles. The highest BCUT2D eigenvalue weighted by atomic mass is 35.5. The van der Waals surface area contributed by atoms with Crippen molar-refractivity contribution in [3.63, 3.8) is 0 Å². The van der Waals surface area contributed by atoms with Crippen molar-refractivity contribution in [2.75, 3.05) is 39.3 Å². The van der Waals surface area contributed by atoms with Crippen LogP contribution in [0.3, 0.4) is 0 Å². The number of rotatable bonds is 11. The molecule has 0 heterocycles. The lowest BCUT2D eigenvalue weighted by molar-refractivity contribution is 0.571. The van der Waals surface area contributed by atoms with Gasteiger partial charge in [0.25, 0.3) is 0 Å². The first-order chi connectivity index (χ1) is 6.91. The van der Waals surface area contributed by atoms with Gasteiger partial charge in [0.1, 0.15) is 0 Å². The Hall–Kier alpha value is 0.130. The van der Waals surface area contributed by atoms with E-state index >= 15 is 0 Å². The first kappa shape index (κ1) is 17.5. The highest BCUT2D eigenvalue weighted by molar-refractivity contribution is 5.85. The fourth-order valence-electron chi connectivity index (χ4n) is 1.21. The Balaban J connectivity index is 0. The van der Waals surface area contributed by atoms with Crippen molar-refractivity contribution >= 4 is 12.4 Å². The lowest BCUT2D eigenvalue weighted by atomic mass is 10.3. The summed E-state index contributed by atoms with van der Waals surface area (Å²) >= 11 is 0. The molecule has 0 bridgehead atoms. The lowest BCUT2D eigenvalue weighted by Crippen LogP contribution is -2.24. The molecule has 0 aromatic heterocycles. The normalized spacial score (nSPS) is 10.0. The highest BCUT2D eigenvalue weighted by Crippen LogP contribution is 1.82. The zero-order chi connectivity index (χ0) is 10.5. The van der Waals surface area contributed by atoms with E-state index < -0.39 is 0 Å². The van der Waals surface area contributed by atoms with Crippen molar-refractivity contribution in [3.8, 4) is 0 Å². The maximum absolute atomic E-state index is 5.39. The maximum Gasteiger partial charge on any atom is -0.00368 e. The van der Waals surface area contributed by atoms with Crippen LogP contribution in [0.2, 0.25) is 0 Å². The van der Waals surface area contributed by atoms with Crippen molar-refractivity contribution in [1.29, 1.82) is 0 Å². The van der Waals surface area contributed by atoms with Gasteiger partial charge in [-0.2, -0.15) is 0 Å². The number of unbranched alkanes of at least 4 members (excludes halogenated alkanes) is 1. The fraction of sp³-hybridized carbons (Fsp3) is 1.00. The van der Waals surface area contributed by atoms with Gasteiger partial charge >= 0.3 is 0 Å². The summed E-state index contributed by atoms with van der Waals surface area (Å²) in [4.78, 5) is 0. The van der Waals surface area contributed by atoms with E-state index in [2.05, 4.69) is 10.6 Å². The zero-order valence-electron chi connectivity index (χ0n) is 9.63. The second-order valence-electron chi connectivity index (χ2n) is 3.49. The minimum absolute atomic E-state index is 0. The van der Waals surface area contributed by atoms with E-state index in [-0.39, 0.29) is 12.4 Å². The molecule has 0 aliphatic carbocycles. The van der Waals surface area contributed by atoms with Crippen molar-refractivity contribution in [2.24, 2.45) is 11.5 Å². The summed E-state index contributed by atoms with van der Waals surface area (Å²) in [5, 5.41) is 6.74. The number of nitrogens with one attached hydrogen (secondary N) is 2. The topological polar surface area (TPSA) is 76.1 Å². The molecule has 6 N–H and O–H groups in total. The van der Waals surface area contributed by atoms with E-state index in [1.54, 1.807) is 0 Å². The average Bonchev–Trinajstić information content (AvgIpc) is 2.21. The Morgan fingerprint density at radius 2 is 1.07 bits per heavy atom. The summed E-state index contributed by atoms with van der Waals surface area (Å²) in [5.74, 6) is 0. The second kappa shape index (κ2) is 16.6. The maximum atomic E-state index is 5.39. The molecule has 0 saturated carbocycles. The van der Waals surface area contributed by atoms with Crippen LogP contribution in [-0.4, -0.2) is 39.3 Å². The van der Waals surface area contributed by atoms with Gasteiger partial charge in [-0.25, -0.2) is 0 Å². The smallest absolute Gasteiger partial charge is 0.00368 e. The molecule has 94 valence electrons. The SMILES string of the molecule is Cl.NCCCCNCCCNCCCN. The summed E-state index contributed by atoms with van der Waals surface area (Å²) < 4.78 is 0. The molecule has 0 unspecified atom stereocenters. The van der Waals surface area contributed by atoms with Gasteiger partial charge in [-0.05, 0) is 65.0 Å². The van der Waals surface area contributed by atoms with Crippen molar-refractivity contribution in [1.82, 2.24) is 10.6 Å². The first-order valence-electron chi connectivity index (χ1n) is 5.73. The summed E-state index contributed by atoms with van der Waals surface area (Å²) in [6.07, 6.45) is 4.58. The van der Waals surface area contributed by atoms with Crippen LogP contribution < -0.4 is 22.1 Å². The Kier molecular flexibility index (Phi) is 19.3. The van der Waals surface area contributed by atoms with Crippen LogP contribution in [0.4, 0.5) is 0 Å². The number of hydrogen-bond acceptors (Lipinski definition) is 4. The molecule has 0 saturated heterocycles. The molecule has 5 heteroatoms. The lowest BCUT2D eigenvalue weighted by Gasteiger charge is -2.05. The number of nitrogens with two attached hydrogens (primary N) is 2. The van der Waals surface area contributed by atoms with Crippen LogP contribution in [0, 0.1) is 0 Å². The van der Waals surface area contributed by atoms with Gasteiger partial charge in [-0.3, -0.25) is 0 Å². The molecule has 0 radical (unpaired) electrons. The van der Waals surface area contributed by atoms with Gasteiger partial charge < -0.3 is 22.1 Å². The van der Waals surface area contributed by atoms with Gasteiger partial charge in [0, 0.05) is 0 Å². The minimum Gasteiger partial charge on any atom is -0.330 e. The van der Waals surface area contributed by atoms with E-state index in [0.29, 0.717) is 0 Å². The van der Waals surface area contributed by atoms with Crippen molar-refractivity contribution in [2.45, 2.75) is 25.7 Å². The van der Waals surface area contributed by atoms with E-state index in [9.17, 15) is 0 Å². The zero-order valence-corrected chi connectivity index (χ0v) is 10.5. The second-order valence-corrected chi connectivity index (χ2v) is 3.49. The molecule has 0 spiro atoms. The quantitative estimate of drug-likeness (QED) is 0.384. The monoisotopic (exact) mass is 238 g/mol. The van der Waals surface area contributed by atoms with Crippen LogP contribution in [0.1, 0.15) is 25.7 Å². The summed E-state index contributed by atoms with van der Waals surface area (Å²) in [7, 11) is 0. The third-order valence-corrected chi connectivity index (χ3v) is 2.07. The van der Waals surface area contributed by atoms with Crippen LogP contribution in [0.25, 0.3) is 0 Å². The third kappa shape index (κ3) is 16.8. The van der Waals surface area contributed by atoms with Crippen LogP contribution in [0.5, 0.6) is 0 Å². The number of hydrogen-bond donors (Lipinski definition) is 4. The molecular formula is C10H27ClN4. The highest BCUT2D eigenvalue weighted by Gasteiger charge is 1.89. The summed E-state index contributed by atoms with van der Waals surface area (Å²) in [5.41, 5.74) is 10.8. The molecule has 0 aromatic rings. The van der Waals surface area contributed by atoms with E-state index in [4.69, 9.17) is 11.5 Å². The van der Waals surface area contributed by atoms with E-state index in [0.717, 1.165) is 52.1 Å². The predicted molar refractivity (Wildman–Crippen MR) is 69.6 cm³/mol. The molecule has 0 atom stereocenters. The molecular weight excluding hydrogens is 212 g/mol. The first-order valence-corrected chi connectivity index (χ1v) is 5.73. The third-order valence-electron chi connectivity index (χ3n) is 2.07. The minimum atomic E-state index is 0. The molecule has 0 aliphatic heterocycles. The molecule has 4 nitrogen and oxygen atoms in total. The van der Waals surface area contributed by atoms with Crippen molar-refractivity contribution in [3.05, 3.63) is 0 Å². The standard InChI is InChI=1S/C10H26N4.ClH/c11-5-1-2-7-13-9-4-10-14-8-3-6-12;/h13-14H,1-12H2;1H. The molecule has 0 amide bonds.